The van der Waals surface area contributed by atoms with Gasteiger partial charge in [0.25, 0.3) is 0 Å². The van der Waals surface area contributed by atoms with Gasteiger partial charge < -0.3 is 54.7 Å². The molecule has 0 spiro atoms. The molecule has 0 aromatic rings. The van der Waals surface area contributed by atoms with Gasteiger partial charge in [0.1, 0.15) is 36.6 Å². The van der Waals surface area contributed by atoms with E-state index in [1.807, 2.05) is 6.92 Å². The first-order valence-corrected chi connectivity index (χ1v) is 19.8. The molecule has 0 aromatic heterocycles. The van der Waals surface area contributed by atoms with Crippen molar-refractivity contribution in [3.05, 3.63) is 12.2 Å². The Morgan fingerprint density at radius 3 is 2.17 bits per heavy atom. The number of aliphatic hydroxyl groups excluding tert-OH is 5. The van der Waals surface area contributed by atoms with Gasteiger partial charge in [0.2, 0.25) is 0 Å². The number of ether oxygens (including phenoxy) is 4. The van der Waals surface area contributed by atoms with Gasteiger partial charge in [0.05, 0.1) is 29.8 Å². The fraction of sp³-hybridized carbons (Fsp3) is 0.925. The number of hydrogen-bond donors (Lipinski definition) is 7. The lowest BCUT2D eigenvalue weighted by Gasteiger charge is -2.72. The number of aliphatic carboxylic acids is 1. The van der Waals surface area contributed by atoms with Gasteiger partial charge in [-0.05, 0) is 131 Å². The van der Waals surface area contributed by atoms with Gasteiger partial charge in [-0.25, -0.2) is 0 Å². The molecule has 0 bridgehead atoms. The van der Waals surface area contributed by atoms with E-state index in [-0.39, 0.29) is 40.6 Å². The molecule has 2 aliphatic heterocycles. The topological polar surface area (TPSA) is 196 Å². The van der Waals surface area contributed by atoms with Gasteiger partial charge in [-0.15, -0.1) is 0 Å². The number of aliphatic hydroxyl groups is 6. The van der Waals surface area contributed by atoms with E-state index in [9.17, 15) is 40.5 Å². The van der Waals surface area contributed by atoms with Gasteiger partial charge in [0.15, 0.2) is 12.6 Å². The summed E-state index contributed by atoms with van der Waals surface area (Å²) in [7, 11) is 0. The average molecular weight is 737 g/mol. The van der Waals surface area contributed by atoms with Gasteiger partial charge in [-0.1, -0.05) is 32.9 Å². The number of hydrogen-bond acceptors (Lipinski definition) is 11. The van der Waals surface area contributed by atoms with Crippen LogP contribution in [0.2, 0.25) is 0 Å². The molecule has 20 atom stereocenters. The Bertz CT molecular complexity index is 1380. The molecule has 7 fully saturated rings. The first kappa shape index (κ1) is 39.1. The molecule has 7 rings (SSSR count). The number of fused-ring (bicyclic) bond motifs is 7. The Balaban J connectivity index is 1.12. The molecular weight excluding hydrogens is 672 g/mol. The second-order valence-corrected chi connectivity index (χ2v) is 19.1. The third kappa shape index (κ3) is 5.47. The van der Waals surface area contributed by atoms with E-state index in [4.69, 9.17) is 18.9 Å². The molecule has 12 heteroatoms. The Morgan fingerprint density at radius 1 is 0.788 bits per heavy atom. The summed E-state index contributed by atoms with van der Waals surface area (Å²) in [4.78, 5) is 13.0. The third-order valence-electron chi connectivity index (χ3n) is 16.9. The van der Waals surface area contributed by atoms with E-state index in [1.54, 1.807) is 0 Å². The van der Waals surface area contributed by atoms with E-state index in [1.165, 1.54) is 6.92 Å². The molecule has 52 heavy (non-hydrogen) atoms. The largest absolute Gasteiger partial charge is 0.481 e. The predicted octanol–water partition coefficient (Wildman–Crippen LogP) is 3.13. The number of carboxylic acid groups (broad SMARTS) is 1. The summed E-state index contributed by atoms with van der Waals surface area (Å²) in [6, 6.07) is 0. The number of rotatable bonds is 6. The van der Waals surface area contributed by atoms with Crippen LogP contribution >= 0.6 is 0 Å². The monoisotopic (exact) mass is 736 g/mol. The van der Waals surface area contributed by atoms with Crippen molar-refractivity contribution in [3.8, 4) is 0 Å². The summed E-state index contributed by atoms with van der Waals surface area (Å²) >= 11 is 0. The maximum absolute atomic E-state index is 13.0. The van der Waals surface area contributed by atoms with Crippen LogP contribution in [0.5, 0.6) is 0 Å². The molecule has 0 radical (unpaired) electrons. The van der Waals surface area contributed by atoms with Crippen LogP contribution in [-0.2, 0) is 23.7 Å². The van der Waals surface area contributed by atoms with Crippen molar-refractivity contribution in [2.24, 2.45) is 51.2 Å². The smallest absolute Gasteiger partial charge is 0.309 e. The molecule has 7 N–H and O–H groups in total. The summed E-state index contributed by atoms with van der Waals surface area (Å²) in [5.41, 5.74) is -1.16. The van der Waals surface area contributed by atoms with Crippen LogP contribution in [0, 0.1) is 51.2 Å². The lowest BCUT2D eigenvalue weighted by molar-refractivity contribution is -0.353. The number of carboxylic acids is 1. The van der Waals surface area contributed by atoms with Crippen molar-refractivity contribution in [2.45, 2.75) is 173 Å². The minimum Gasteiger partial charge on any atom is -0.481 e. The summed E-state index contributed by atoms with van der Waals surface area (Å²) < 4.78 is 23.6. The van der Waals surface area contributed by atoms with Crippen molar-refractivity contribution < 1.29 is 59.5 Å². The molecule has 2 saturated heterocycles. The zero-order valence-electron chi connectivity index (χ0n) is 31.8. The van der Waals surface area contributed by atoms with Crippen LogP contribution in [0.4, 0.5) is 0 Å². The Kier molecular flexibility index (Phi) is 9.92. The fourth-order valence-electron chi connectivity index (χ4n) is 13.9. The molecule has 20 unspecified atom stereocenters. The highest BCUT2D eigenvalue weighted by atomic mass is 16.7. The van der Waals surface area contributed by atoms with Crippen LogP contribution in [0.3, 0.4) is 0 Å². The quantitative estimate of drug-likeness (QED) is 0.156. The van der Waals surface area contributed by atoms with Crippen LogP contribution in [0.1, 0.15) is 106 Å². The molecule has 296 valence electrons. The summed E-state index contributed by atoms with van der Waals surface area (Å²) in [6.07, 6.45) is -4.77. The van der Waals surface area contributed by atoms with E-state index in [2.05, 4.69) is 34.3 Å². The van der Waals surface area contributed by atoms with Gasteiger partial charge in [0, 0.05) is 0 Å². The van der Waals surface area contributed by atoms with Crippen molar-refractivity contribution in [1.82, 2.24) is 0 Å². The van der Waals surface area contributed by atoms with Crippen molar-refractivity contribution in [1.29, 1.82) is 0 Å². The molecule has 12 nitrogen and oxygen atoms in total. The van der Waals surface area contributed by atoms with E-state index in [0.29, 0.717) is 24.7 Å². The highest BCUT2D eigenvalue weighted by Crippen LogP contribution is 2.77. The van der Waals surface area contributed by atoms with Crippen molar-refractivity contribution in [3.63, 3.8) is 0 Å². The lowest BCUT2D eigenvalue weighted by atomic mass is 9.33. The molecule has 2 heterocycles. The minimum absolute atomic E-state index is 0.0451. The highest BCUT2D eigenvalue weighted by molar-refractivity contribution is 5.76. The summed E-state index contributed by atoms with van der Waals surface area (Å²) in [5, 5.41) is 76.4. The van der Waals surface area contributed by atoms with Gasteiger partial charge in [-0.3, -0.25) is 4.79 Å². The van der Waals surface area contributed by atoms with Crippen molar-refractivity contribution >= 4 is 5.97 Å². The maximum atomic E-state index is 13.0. The third-order valence-corrected chi connectivity index (χ3v) is 16.9. The van der Waals surface area contributed by atoms with Crippen LogP contribution in [0.15, 0.2) is 12.2 Å². The molecule has 7 aliphatic rings. The normalized spacial score (nSPS) is 57.6. The van der Waals surface area contributed by atoms with E-state index < -0.39 is 78.4 Å². The second-order valence-electron chi connectivity index (χ2n) is 19.1. The summed E-state index contributed by atoms with van der Waals surface area (Å²) in [5.74, 6) is 0.181. The Hall–Kier alpha value is -1.19. The highest BCUT2D eigenvalue weighted by Gasteiger charge is 2.72. The Labute approximate surface area is 307 Å². The molecule has 5 saturated carbocycles. The summed E-state index contributed by atoms with van der Waals surface area (Å²) in [6.45, 7) is 16.8. The lowest BCUT2D eigenvalue weighted by Crippen LogP contribution is -2.69. The minimum atomic E-state index is -1.63. The molecule has 5 aliphatic carbocycles. The zero-order chi connectivity index (χ0) is 37.9. The standard InChI is InChI=1S/C40H64O12/c1-19(2)21-10-15-40(35(46)47)17-16-37(5)22(27(21)40)8-9-24-36(4)13-12-26(39(7,48)25(36)11-14-38(24,37)6)51-34-32(29(43)23(41)18-49-34)52-31-28(42)20(3)50-33(45)30(31)44/h20-34,41-45,48H,1,8-18H2,2-7H3,(H,46,47). The van der Waals surface area contributed by atoms with Crippen LogP contribution in [0.25, 0.3) is 0 Å². The first-order chi connectivity index (χ1) is 24.2. The zero-order valence-corrected chi connectivity index (χ0v) is 31.8. The predicted molar refractivity (Wildman–Crippen MR) is 187 cm³/mol. The van der Waals surface area contributed by atoms with Crippen molar-refractivity contribution in [2.75, 3.05) is 6.61 Å². The van der Waals surface area contributed by atoms with Crippen LogP contribution in [-0.4, -0.2) is 115 Å². The molecule has 0 amide bonds. The molecular formula is C40H64O12. The second kappa shape index (κ2) is 13.2. The van der Waals surface area contributed by atoms with Gasteiger partial charge in [-0.2, -0.15) is 0 Å². The molecule has 0 aromatic carbocycles. The number of carbonyl (C=O) groups is 1. The van der Waals surface area contributed by atoms with Gasteiger partial charge >= 0.3 is 5.97 Å². The van der Waals surface area contributed by atoms with Crippen LogP contribution < -0.4 is 0 Å². The fourth-order valence-corrected chi connectivity index (χ4v) is 13.9. The van der Waals surface area contributed by atoms with E-state index in [0.717, 1.165) is 56.9 Å². The Morgan fingerprint density at radius 2 is 1.50 bits per heavy atom. The first-order valence-electron chi connectivity index (χ1n) is 19.8. The maximum Gasteiger partial charge on any atom is 0.309 e. The SMILES string of the molecule is C=C(C)C1CCC2(C(=O)O)CCC3(C)C(CCC4C5(C)CCC(OC6OCC(O)C(O)C6OC6C(O)C(C)OC(O)C6O)C(C)(O)C5CCC43C)C12. The van der Waals surface area contributed by atoms with E-state index >= 15 is 0 Å². The average Bonchev–Trinajstić information content (AvgIpc) is 3.48. The number of allylic oxidation sites excluding steroid dienone is 1.